The van der Waals surface area contributed by atoms with Gasteiger partial charge >= 0.3 is 0 Å². The first kappa shape index (κ1) is 10.9. The number of hydrogen-bond acceptors (Lipinski definition) is 2. The average molecular weight is 159 g/mol. The van der Waals surface area contributed by atoms with Crippen LogP contribution >= 0.6 is 0 Å². The first-order chi connectivity index (χ1) is 5.36. The predicted molar refractivity (Wildman–Crippen MR) is 48.7 cm³/mol. The zero-order valence-electron chi connectivity index (χ0n) is 8.01. The highest BCUT2D eigenvalue weighted by Gasteiger charge is 2.19. The zero-order valence-corrected chi connectivity index (χ0v) is 8.01. The minimum absolute atomic E-state index is 0.372. The fourth-order valence-corrected chi connectivity index (χ4v) is 1.35. The van der Waals surface area contributed by atoms with E-state index in [-0.39, 0.29) is 0 Å². The van der Waals surface area contributed by atoms with E-state index in [1.165, 1.54) is 13.0 Å². The van der Waals surface area contributed by atoms with Crippen LogP contribution in [0.1, 0.15) is 27.2 Å². The molecule has 11 heavy (non-hydrogen) atoms. The summed E-state index contributed by atoms with van der Waals surface area (Å²) in [5, 5.41) is 8.75. The Morgan fingerprint density at radius 3 is 2.36 bits per heavy atom. The van der Waals surface area contributed by atoms with Crippen molar-refractivity contribution in [1.29, 1.82) is 0 Å². The van der Waals surface area contributed by atoms with Crippen molar-refractivity contribution < 1.29 is 5.11 Å². The highest BCUT2D eigenvalue weighted by atomic mass is 16.3. The van der Waals surface area contributed by atoms with Gasteiger partial charge in [-0.05, 0) is 25.4 Å². The molecule has 0 saturated carbocycles. The van der Waals surface area contributed by atoms with E-state index < -0.39 is 0 Å². The molecule has 1 saturated heterocycles. The molecule has 68 valence electrons. The van der Waals surface area contributed by atoms with Gasteiger partial charge in [0, 0.05) is 13.2 Å². The Labute approximate surface area is 70.2 Å². The molecule has 0 aliphatic carbocycles. The summed E-state index contributed by atoms with van der Waals surface area (Å²) in [5.41, 5.74) is 0. The van der Waals surface area contributed by atoms with E-state index in [1.54, 1.807) is 0 Å². The van der Waals surface area contributed by atoms with E-state index in [0.29, 0.717) is 12.5 Å². The molecule has 1 heterocycles. The third kappa shape index (κ3) is 3.73. The maximum absolute atomic E-state index is 8.75. The van der Waals surface area contributed by atoms with Crippen LogP contribution in [0.5, 0.6) is 0 Å². The number of aliphatic hydroxyl groups excluding tert-OH is 1. The van der Waals surface area contributed by atoms with Crippen molar-refractivity contribution in [2.75, 3.05) is 26.2 Å². The van der Waals surface area contributed by atoms with E-state index in [1.807, 2.05) is 13.8 Å². The lowest BCUT2D eigenvalue weighted by atomic mass is 10.1. The lowest BCUT2D eigenvalue weighted by Crippen LogP contribution is -2.20. The van der Waals surface area contributed by atoms with E-state index >= 15 is 0 Å². The summed E-state index contributed by atoms with van der Waals surface area (Å²) in [6, 6.07) is 0. The summed E-state index contributed by atoms with van der Waals surface area (Å²) >= 11 is 0. The SMILES string of the molecule is CC.CCN1CCC(CO)C1. The van der Waals surface area contributed by atoms with Crippen molar-refractivity contribution in [3.05, 3.63) is 0 Å². The second kappa shape index (κ2) is 6.62. The number of rotatable bonds is 2. The number of likely N-dealkylation sites (tertiary alicyclic amines) is 1. The molecule has 1 rings (SSSR count). The molecule has 2 nitrogen and oxygen atoms in total. The summed E-state index contributed by atoms with van der Waals surface area (Å²) in [5.74, 6) is 0.560. The fourth-order valence-electron chi connectivity index (χ4n) is 1.35. The Morgan fingerprint density at radius 2 is 2.09 bits per heavy atom. The maximum Gasteiger partial charge on any atom is 0.0471 e. The molecule has 0 amide bonds. The Balaban J connectivity index is 0.000000461. The fraction of sp³-hybridized carbons (Fsp3) is 1.00. The van der Waals surface area contributed by atoms with Crippen LogP contribution in [0.3, 0.4) is 0 Å². The van der Waals surface area contributed by atoms with Crippen molar-refractivity contribution in [2.24, 2.45) is 5.92 Å². The highest BCUT2D eigenvalue weighted by Crippen LogP contribution is 2.13. The third-order valence-electron chi connectivity index (χ3n) is 2.08. The summed E-state index contributed by atoms with van der Waals surface area (Å²) < 4.78 is 0. The minimum atomic E-state index is 0.372. The van der Waals surface area contributed by atoms with Gasteiger partial charge in [-0.3, -0.25) is 0 Å². The second-order valence-electron chi connectivity index (χ2n) is 2.73. The zero-order chi connectivity index (χ0) is 8.69. The molecular weight excluding hydrogens is 138 g/mol. The summed E-state index contributed by atoms with van der Waals surface area (Å²) in [6.07, 6.45) is 1.18. The van der Waals surface area contributed by atoms with E-state index in [4.69, 9.17) is 5.11 Å². The molecule has 0 spiro atoms. The van der Waals surface area contributed by atoms with Crippen LogP contribution in [0.4, 0.5) is 0 Å². The molecule has 1 aliphatic rings. The summed E-state index contributed by atoms with van der Waals surface area (Å²) in [4.78, 5) is 2.38. The smallest absolute Gasteiger partial charge is 0.0471 e. The molecule has 2 heteroatoms. The van der Waals surface area contributed by atoms with Gasteiger partial charge in [0.2, 0.25) is 0 Å². The average Bonchev–Trinajstić information content (AvgIpc) is 2.55. The summed E-state index contributed by atoms with van der Waals surface area (Å²) in [6.45, 7) is 9.96. The van der Waals surface area contributed by atoms with Crippen LogP contribution in [0.2, 0.25) is 0 Å². The van der Waals surface area contributed by atoms with Crippen LogP contribution in [-0.4, -0.2) is 36.2 Å². The van der Waals surface area contributed by atoms with Gasteiger partial charge in [-0.25, -0.2) is 0 Å². The molecule has 1 aliphatic heterocycles. The molecule has 0 aromatic rings. The standard InChI is InChI=1S/C7H15NO.C2H6/c1-2-8-4-3-7(5-8)6-9;1-2/h7,9H,2-6H2,1H3;1-2H3. The third-order valence-corrected chi connectivity index (χ3v) is 2.08. The van der Waals surface area contributed by atoms with Crippen LogP contribution in [-0.2, 0) is 0 Å². The Morgan fingerprint density at radius 1 is 1.45 bits per heavy atom. The lowest BCUT2D eigenvalue weighted by Gasteiger charge is -2.10. The monoisotopic (exact) mass is 159 g/mol. The van der Waals surface area contributed by atoms with E-state index in [0.717, 1.165) is 13.1 Å². The van der Waals surface area contributed by atoms with Crippen molar-refractivity contribution in [2.45, 2.75) is 27.2 Å². The minimum Gasteiger partial charge on any atom is -0.396 e. The topological polar surface area (TPSA) is 23.5 Å². The number of nitrogens with zero attached hydrogens (tertiary/aromatic N) is 1. The van der Waals surface area contributed by atoms with Gasteiger partial charge in [0.25, 0.3) is 0 Å². The highest BCUT2D eigenvalue weighted by molar-refractivity contribution is 4.73. The van der Waals surface area contributed by atoms with Gasteiger partial charge in [-0.15, -0.1) is 0 Å². The molecule has 0 aromatic carbocycles. The van der Waals surface area contributed by atoms with Gasteiger partial charge in [-0.1, -0.05) is 20.8 Å². The predicted octanol–water partition coefficient (Wildman–Crippen LogP) is 1.35. The van der Waals surface area contributed by atoms with Gasteiger partial charge in [0.05, 0.1) is 0 Å². The largest absolute Gasteiger partial charge is 0.396 e. The van der Waals surface area contributed by atoms with Crippen molar-refractivity contribution >= 4 is 0 Å². The van der Waals surface area contributed by atoms with Gasteiger partial charge in [-0.2, -0.15) is 0 Å². The molecule has 1 atom stereocenters. The number of hydrogen-bond donors (Lipinski definition) is 1. The van der Waals surface area contributed by atoms with E-state index in [9.17, 15) is 0 Å². The van der Waals surface area contributed by atoms with Crippen molar-refractivity contribution in [3.8, 4) is 0 Å². The molecule has 0 aromatic heterocycles. The van der Waals surface area contributed by atoms with Crippen LogP contribution in [0.15, 0.2) is 0 Å². The normalized spacial score (nSPS) is 24.5. The van der Waals surface area contributed by atoms with Gasteiger partial charge in [0.15, 0.2) is 0 Å². The lowest BCUT2D eigenvalue weighted by molar-refractivity contribution is 0.223. The Kier molecular flexibility index (Phi) is 6.57. The van der Waals surface area contributed by atoms with Crippen LogP contribution < -0.4 is 0 Å². The van der Waals surface area contributed by atoms with Crippen molar-refractivity contribution in [3.63, 3.8) is 0 Å². The molecule has 0 bridgehead atoms. The van der Waals surface area contributed by atoms with Gasteiger partial charge in [0.1, 0.15) is 0 Å². The maximum atomic E-state index is 8.75. The van der Waals surface area contributed by atoms with Crippen molar-refractivity contribution in [1.82, 2.24) is 4.90 Å². The summed E-state index contributed by atoms with van der Waals surface area (Å²) in [7, 11) is 0. The van der Waals surface area contributed by atoms with E-state index in [2.05, 4.69) is 11.8 Å². The van der Waals surface area contributed by atoms with Gasteiger partial charge < -0.3 is 10.0 Å². The molecular formula is C9H21NO. The molecule has 1 N–H and O–H groups in total. The molecule has 1 fully saturated rings. The Hall–Kier alpha value is -0.0800. The number of aliphatic hydroxyl groups is 1. The first-order valence-electron chi connectivity index (χ1n) is 4.70. The molecule has 0 radical (unpaired) electrons. The molecule has 1 unspecified atom stereocenters. The second-order valence-corrected chi connectivity index (χ2v) is 2.73. The van der Waals surface area contributed by atoms with Crippen LogP contribution in [0.25, 0.3) is 0 Å². The van der Waals surface area contributed by atoms with Crippen LogP contribution in [0, 0.1) is 5.92 Å². The first-order valence-corrected chi connectivity index (χ1v) is 4.70. The quantitative estimate of drug-likeness (QED) is 0.657. The Bertz CT molecular complexity index is 75.6.